The Labute approximate surface area is 177 Å². The fraction of sp³-hybridized carbons (Fsp3) is 0. The minimum atomic E-state index is -2.31. The summed E-state index contributed by atoms with van der Waals surface area (Å²) in [6, 6.07) is 17.5. The van der Waals surface area contributed by atoms with E-state index in [1.165, 1.54) is 4.68 Å². The van der Waals surface area contributed by atoms with Crippen LogP contribution in [0.1, 0.15) is 10.6 Å². The van der Waals surface area contributed by atoms with Gasteiger partial charge in [-0.25, -0.2) is 31.6 Å². The molecule has 0 aliphatic heterocycles. The number of benzene rings is 3. The molecule has 4 rings (SSSR count). The molecule has 6 nitrogen and oxygen atoms in total. The topological polar surface area (TPSA) is 71.8 Å². The number of carbonyl (C=O) groups is 1. The molecule has 1 heterocycles. The summed E-state index contributed by atoms with van der Waals surface area (Å²) in [4.78, 5) is 16.7. The quantitative estimate of drug-likeness (QED) is 0.207. The third-order valence-corrected chi connectivity index (χ3v) is 4.35. The summed E-state index contributed by atoms with van der Waals surface area (Å²) in [6.07, 6.45) is 0. The normalized spacial score (nSPS) is 10.8. The number of para-hydroxylation sites is 1. The van der Waals surface area contributed by atoms with E-state index in [2.05, 4.69) is 10.1 Å². The average molecular weight is 445 g/mol. The van der Waals surface area contributed by atoms with Crippen LogP contribution < -0.4 is 10.9 Å². The standard InChI is InChI=1S/C21H12F5N5O/c22-13-14(23)16(25)18(17(26)15(13)24)28-29-21(32)19-27-20(11-7-3-1-4-8-11)31(30-19)12-9-5-2-6-10-12/h1-10,28H,(H,29,32). The SMILES string of the molecule is O=C(NNc1c(F)c(F)c(F)c(F)c1F)c1nc(-c2ccccc2)n(-c2ccccc2)n1. The highest BCUT2D eigenvalue weighted by molar-refractivity contribution is 5.91. The van der Waals surface area contributed by atoms with Crippen molar-refractivity contribution in [3.8, 4) is 17.1 Å². The monoisotopic (exact) mass is 445 g/mol. The maximum Gasteiger partial charge on any atom is 0.309 e. The van der Waals surface area contributed by atoms with Crippen molar-refractivity contribution in [1.82, 2.24) is 20.2 Å². The van der Waals surface area contributed by atoms with Gasteiger partial charge in [-0.05, 0) is 12.1 Å². The lowest BCUT2D eigenvalue weighted by atomic mass is 10.2. The summed E-state index contributed by atoms with van der Waals surface area (Å²) < 4.78 is 68.8. The van der Waals surface area contributed by atoms with Crippen LogP contribution in [0.5, 0.6) is 0 Å². The van der Waals surface area contributed by atoms with Crippen LogP contribution in [-0.4, -0.2) is 20.7 Å². The smallest absolute Gasteiger partial charge is 0.292 e. The number of halogens is 5. The lowest BCUT2D eigenvalue weighted by Gasteiger charge is -2.10. The van der Waals surface area contributed by atoms with Crippen LogP contribution in [0.3, 0.4) is 0 Å². The molecule has 0 fully saturated rings. The number of nitrogens with one attached hydrogen (secondary N) is 2. The van der Waals surface area contributed by atoms with Crippen molar-refractivity contribution in [2.75, 3.05) is 5.43 Å². The minimum absolute atomic E-state index is 0.290. The molecule has 0 saturated heterocycles. The van der Waals surface area contributed by atoms with Gasteiger partial charge in [-0.2, -0.15) is 0 Å². The molecule has 3 aromatic carbocycles. The Balaban J connectivity index is 1.67. The zero-order valence-corrected chi connectivity index (χ0v) is 15.9. The number of nitrogens with zero attached hydrogens (tertiary/aromatic N) is 3. The maximum absolute atomic E-state index is 13.8. The lowest BCUT2D eigenvalue weighted by Crippen LogP contribution is -2.32. The third-order valence-electron chi connectivity index (χ3n) is 4.35. The summed E-state index contributed by atoms with van der Waals surface area (Å²) in [6.45, 7) is 0. The average Bonchev–Trinajstić information content (AvgIpc) is 3.28. The third kappa shape index (κ3) is 3.75. The lowest BCUT2D eigenvalue weighted by molar-refractivity contribution is 0.0952. The summed E-state index contributed by atoms with van der Waals surface area (Å²) in [5.74, 6) is -12.1. The van der Waals surface area contributed by atoms with Gasteiger partial charge in [-0.15, -0.1) is 5.10 Å². The van der Waals surface area contributed by atoms with Crippen LogP contribution in [0.2, 0.25) is 0 Å². The van der Waals surface area contributed by atoms with Gasteiger partial charge in [0.05, 0.1) is 5.69 Å². The molecule has 4 aromatic rings. The van der Waals surface area contributed by atoms with E-state index in [0.29, 0.717) is 11.3 Å². The van der Waals surface area contributed by atoms with Crippen molar-refractivity contribution < 1.29 is 26.7 Å². The molecule has 1 amide bonds. The first-order chi connectivity index (χ1) is 15.4. The number of carbonyl (C=O) groups excluding carboxylic acids is 1. The van der Waals surface area contributed by atoms with Crippen molar-refractivity contribution in [3.63, 3.8) is 0 Å². The van der Waals surface area contributed by atoms with Crippen LogP contribution in [0, 0.1) is 29.1 Å². The summed E-state index contributed by atoms with van der Waals surface area (Å²) in [5, 5.41) is 4.12. The van der Waals surface area contributed by atoms with Crippen molar-refractivity contribution in [3.05, 3.63) is 95.6 Å². The summed E-state index contributed by atoms with van der Waals surface area (Å²) in [7, 11) is 0. The molecule has 0 radical (unpaired) electrons. The first kappa shape index (κ1) is 21.0. The number of hydrogen-bond acceptors (Lipinski definition) is 4. The molecule has 0 atom stereocenters. The molecule has 0 saturated carbocycles. The summed E-state index contributed by atoms with van der Waals surface area (Å²) in [5.41, 5.74) is 3.34. The van der Waals surface area contributed by atoms with Crippen molar-refractivity contribution in [2.45, 2.75) is 0 Å². The minimum Gasteiger partial charge on any atom is -0.292 e. The van der Waals surface area contributed by atoms with Crippen molar-refractivity contribution >= 4 is 11.6 Å². The second-order valence-corrected chi connectivity index (χ2v) is 6.40. The van der Waals surface area contributed by atoms with E-state index in [1.54, 1.807) is 66.1 Å². The maximum atomic E-state index is 13.8. The predicted molar refractivity (Wildman–Crippen MR) is 104 cm³/mol. The van der Waals surface area contributed by atoms with Gasteiger partial charge in [0.25, 0.3) is 0 Å². The Kier molecular flexibility index (Phi) is 5.54. The van der Waals surface area contributed by atoms with Gasteiger partial charge >= 0.3 is 5.91 Å². The molecule has 0 bridgehead atoms. The first-order valence-corrected chi connectivity index (χ1v) is 9.04. The predicted octanol–water partition coefficient (Wildman–Crippen LogP) is 4.39. The Morgan fingerprint density at radius 1 is 0.750 bits per heavy atom. The van der Waals surface area contributed by atoms with Crippen molar-refractivity contribution in [2.24, 2.45) is 0 Å². The van der Waals surface area contributed by atoms with Crippen molar-refractivity contribution in [1.29, 1.82) is 0 Å². The number of hydrogen-bond donors (Lipinski definition) is 2. The van der Waals surface area contributed by atoms with Gasteiger partial charge < -0.3 is 0 Å². The summed E-state index contributed by atoms with van der Waals surface area (Å²) >= 11 is 0. The molecule has 162 valence electrons. The van der Waals surface area contributed by atoms with E-state index >= 15 is 0 Å². The molecule has 11 heteroatoms. The van der Waals surface area contributed by atoms with Crippen LogP contribution >= 0.6 is 0 Å². The first-order valence-electron chi connectivity index (χ1n) is 9.04. The molecular weight excluding hydrogens is 433 g/mol. The van der Waals surface area contributed by atoms with Gasteiger partial charge in [0.1, 0.15) is 5.69 Å². The fourth-order valence-corrected chi connectivity index (χ4v) is 2.82. The zero-order valence-electron chi connectivity index (χ0n) is 15.9. The number of hydrazine groups is 1. The fourth-order valence-electron chi connectivity index (χ4n) is 2.82. The molecule has 2 N–H and O–H groups in total. The Hall–Kier alpha value is -4.28. The Morgan fingerprint density at radius 2 is 1.28 bits per heavy atom. The number of amides is 1. The zero-order chi connectivity index (χ0) is 22.8. The molecular formula is C21H12F5N5O. The van der Waals surface area contributed by atoms with Crippen LogP contribution in [0.25, 0.3) is 17.1 Å². The molecule has 0 aliphatic carbocycles. The van der Waals surface area contributed by atoms with E-state index in [0.717, 1.165) is 0 Å². The van der Waals surface area contributed by atoms with E-state index in [4.69, 9.17) is 0 Å². The van der Waals surface area contributed by atoms with Gasteiger partial charge in [-0.3, -0.25) is 15.6 Å². The molecule has 1 aromatic heterocycles. The second kappa shape index (κ2) is 8.46. The van der Waals surface area contributed by atoms with Crippen LogP contribution in [0.15, 0.2) is 60.7 Å². The number of anilines is 1. The Bertz CT molecular complexity index is 1210. The largest absolute Gasteiger partial charge is 0.309 e. The van der Waals surface area contributed by atoms with Crippen LogP contribution in [-0.2, 0) is 0 Å². The van der Waals surface area contributed by atoms with Gasteiger partial charge in [-0.1, -0.05) is 48.5 Å². The Morgan fingerprint density at radius 3 is 1.88 bits per heavy atom. The highest BCUT2D eigenvalue weighted by Gasteiger charge is 2.27. The van der Waals surface area contributed by atoms with Crippen LogP contribution in [0.4, 0.5) is 27.6 Å². The van der Waals surface area contributed by atoms with E-state index in [9.17, 15) is 26.7 Å². The number of rotatable bonds is 5. The molecule has 0 spiro atoms. The van der Waals surface area contributed by atoms with E-state index in [1.807, 2.05) is 5.43 Å². The van der Waals surface area contributed by atoms with Gasteiger partial charge in [0.2, 0.25) is 11.6 Å². The molecule has 0 aliphatic rings. The van der Waals surface area contributed by atoms with Gasteiger partial charge in [0, 0.05) is 5.56 Å². The second-order valence-electron chi connectivity index (χ2n) is 6.40. The van der Waals surface area contributed by atoms with E-state index in [-0.39, 0.29) is 5.82 Å². The number of aromatic nitrogens is 3. The van der Waals surface area contributed by atoms with Gasteiger partial charge in [0.15, 0.2) is 29.1 Å². The molecule has 0 unspecified atom stereocenters. The highest BCUT2D eigenvalue weighted by atomic mass is 19.2. The van der Waals surface area contributed by atoms with E-state index < -0.39 is 46.5 Å². The highest BCUT2D eigenvalue weighted by Crippen LogP contribution is 2.26. The molecule has 32 heavy (non-hydrogen) atoms.